The summed E-state index contributed by atoms with van der Waals surface area (Å²) in [5.41, 5.74) is -0.158. The van der Waals surface area contributed by atoms with Crippen LogP contribution >= 0.6 is 0 Å². The molecule has 1 aliphatic heterocycles. The van der Waals surface area contributed by atoms with Crippen molar-refractivity contribution in [2.24, 2.45) is 0 Å². The van der Waals surface area contributed by atoms with Gasteiger partial charge in [0.15, 0.2) is 0 Å². The number of non-ortho nitro benzene ring substituents is 1. The van der Waals surface area contributed by atoms with Gasteiger partial charge in [-0.2, -0.15) is 8.42 Å². The average Bonchev–Trinajstić information content (AvgIpc) is 3.05. The summed E-state index contributed by atoms with van der Waals surface area (Å²) in [6.45, 7) is 3.88. The highest BCUT2D eigenvalue weighted by Gasteiger charge is 2.16. The van der Waals surface area contributed by atoms with Crippen LogP contribution in [0.25, 0.3) is 0 Å². The Morgan fingerprint density at radius 3 is 2.19 bits per heavy atom. The first-order chi connectivity index (χ1) is 9.97. The lowest BCUT2D eigenvalue weighted by Gasteiger charge is -2.03. The fourth-order valence-electron chi connectivity index (χ4n) is 1.51. The summed E-state index contributed by atoms with van der Waals surface area (Å²) >= 11 is 0. The molecule has 8 heteroatoms. The lowest BCUT2D eigenvalue weighted by Crippen LogP contribution is -2.07. The molecule has 0 radical (unpaired) electrons. The predicted octanol–water partition coefficient (Wildman–Crippen LogP) is 2.51. The lowest BCUT2D eigenvalue weighted by atomic mass is 10.3. The molecule has 1 aliphatic rings. The maximum Gasteiger partial charge on any atom is 0.296 e. The third-order valence-electron chi connectivity index (χ3n) is 2.61. The molecule has 7 nitrogen and oxygen atoms in total. The minimum Gasteiger partial charge on any atom is -0.381 e. The Hall–Kier alpha value is -1.51. The molecule has 1 aromatic carbocycles. The second kappa shape index (κ2) is 8.71. The maximum atomic E-state index is 11.5. The second-order valence-electron chi connectivity index (χ2n) is 4.35. The Bertz CT molecular complexity index is 529. The van der Waals surface area contributed by atoms with Gasteiger partial charge >= 0.3 is 0 Å². The largest absolute Gasteiger partial charge is 0.381 e. The molecule has 1 fully saturated rings. The van der Waals surface area contributed by atoms with Crippen molar-refractivity contribution in [2.45, 2.75) is 31.1 Å². The van der Waals surface area contributed by atoms with Crippen LogP contribution in [0.1, 0.15) is 26.2 Å². The van der Waals surface area contributed by atoms with Crippen molar-refractivity contribution in [2.75, 3.05) is 19.8 Å². The Labute approximate surface area is 124 Å². The lowest BCUT2D eigenvalue weighted by molar-refractivity contribution is -0.384. The van der Waals surface area contributed by atoms with Crippen LogP contribution in [0.2, 0.25) is 0 Å². The zero-order valence-corrected chi connectivity index (χ0v) is 12.7. The van der Waals surface area contributed by atoms with Gasteiger partial charge in [0.1, 0.15) is 0 Å². The van der Waals surface area contributed by atoms with E-state index in [1.807, 2.05) is 0 Å². The summed E-state index contributed by atoms with van der Waals surface area (Å²) in [6, 6.07) is 4.57. The number of rotatable bonds is 5. The molecule has 0 atom stereocenters. The molecule has 0 saturated carbocycles. The van der Waals surface area contributed by atoms with E-state index in [1.54, 1.807) is 6.92 Å². The molecule has 0 bridgehead atoms. The van der Waals surface area contributed by atoms with E-state index in [4.69, 9.17) is 4.74 Å². The third kappa shape index (κ3) is 6.19. The van der Waals surface area contributed by atoms with Crippen molar-refractivity contribution in [3.05, 3.63) is 34.4 Å². The second-order valence-corrected chi connectivity index (χ2v) is 5.96. The minimum atomic E-state index is -3.79. The number of nitro benzene ring substituents is 1. The Kier molecular flexibility index (Phi) is 7.27. The van der Waals surface area contributed by atoms with Crippen molar-refractivity contribution in [1.82, 2.24) is 0 Å². The molecule has 0 aliphatic carbocycles. The highest BCUT2D eigenvalue weighted by atomic mass is 32.2. The van der Waals surface area contributed by atoms with E-state index in [2.05, 4.69) is 4.18 Å². The summed E-state index contributed by atoms with van der Waals surface area (Å²) in [5.74, 6) is 0. The Morgan fingerprint density at radius 1 is 1.24 bits per heavy atom. The fourth-order valence-corrected chi connectivity index (χ4v) is 2.50. The highest BCUT2D eigenvalue weighted by Crippen LogP contribution is 2.17. The SMILES string of the molecule is C1CCOC1.CCCOS(=O)(=O)c1ccc([N+](=O)[O-])cc1. The first-order valence-corrected chi connectivity index (χ1v) is 8.10. The van der Waals surface area contributed by atoms with Crippen molar-refractivity contribution < 1.29 is 22.3 Å². The summed E-state index contributed by atoms with van der Waals surface area (Å²) < 4.78 is 32.6. The first-order valence-electron chi connectivity index (χ1n) is 6.69. The van der Waals surface area contributed by atoms with Gasteiger partial charge in [-0.1, -0.05) is 6.92 Å². The number of nitro groups is 1. The predicted molar refractivity (Wildman–Crippen MR) is 76.6 cm³/mol. The molecule has 0 spiro atoms. The van der Waals surface area contributed by atoms with Crippen molar-refractivity contribution in [3.8, 4) is 0 Å². The van der Waals surface area contributed by atoms with Gasteiger partial charge < -0.3 is 4.74 Å². The van der Waals surface area contributed by atoms with E-state index in [1.165, 1.54) is 12.8 Å². The number of nitrogens with zero attached hydrogens (tertiary/aromatic N) is 1. The monoisotopic (exact) mass is 317 g/mol. The zero-order chi connectivity index (χ0) is 15.7. The van der Waals surface area contributed by atoms with E-state index in [0.29, 0.717) is 6.42 Å². The van der Waals surface area contributed by atoms with Crippen LogP contribution in [0.5, 0.6) is 0 Å². The molecule has 21 heavy (non-hydrogen) atoms. The molecule has 1 aromatic rings. The molecule has 118 valence electrons. The van der Waals surface area contributed by atoms with Crippen LogP contribution < -0.4 is 0 Å². The van der Waals surface area contributed by atoms with Crippen molar-refractivity contribution in [1.29, 1.82) is 0 Å². The van der Waals surface area contributed by atoms with E-state index in [9.17, 15) is 18.5 Å². The maximum absolute atomic E-state index is 11.5. The van der Waals surface area contributed by atoms with Gasteiger partial charge in [0.2, 0.25) is 0 Å². The number of ether oxygens (including phenoxy) is 1. The molecule has 1 saturated heterocycles. The van der Waals surface area contributed by atoms with Crippen molar-refractivity contribution in [3.63, 3.8) is 0 Å². The smallest absolute Gasteiger partial charge is 0.296 e. The first kappa shape index (κ1) is 17.5. The van der Waals surface area contributed by atoms with Gasteiger partial charge in [0.25, 0.3) is 15.8 Å². The average molecular weight is 317 g/mol. The number of hydrogen-bond donors (Lipinski definition) is 0. The van der Waals surface area contributed by atoms with Gasteiger partial charge in [-0.25, -0.2) is 0 Å². The van der Waals surface area contributed by atoms with Crippen LogP contribution in [0.15, 0.2) is 29.2 Å². The van der Waals surface area contributed by atoms with Crippen LogP contribution in [0.4, 0.5) is 5.69 Å². The molecule has 0 aromatic heterocycles. The van der Waals surface area contributed by atoms with E-state index in [0.717, 1.165) is 37.5 Å². The minimum absolute atomic E-state index is 0.0773. The normalized spacial score (nSPS) is 14.3. The molecular formula is C13H19NO6S. The highest BCUT2D eigenvalue weighted by molar-refractivity contribution is 7.86. The van der Waals surface area contributed by atoms with E-state index >= 15 is 0 Å². The Morgan fingerprint density at radius 2 is 1.81 bits per heavy atom. The molecule has 0 N–H and O–H groups in total. The molecular weight excluding hydrogens is 298 g/mol. The summed E-state index contributed by atoms with van der Waals surface area (Å²) in [5, 5.41) is 10.4. The van der Waals surface area contributed by atoms with Crippen molar-refractivity contribution >= 4 is 15.8 Å². The summed E-state index contributed by atoms with van der Waals surface area (Å²) in [7, 11) is -3.79. The van der Waals surface area contributed by atoms with Gasteiger partial charge in [-0.3, -0.25) is 14.3 Å². The van der Waals surface area contributed by atoms with Gasteiger partial charge in [-0.05, 0) is 31.4 Å². The quantitative estimate of drug-likeness (QED) is 0.470. The molecule has 0 unspecified atom stereocenters. The molecule has 0 amide bonds. The number of benzene rings is 1. The van der Waals surface area contributed by atoms with Gasteiger partial charge in [-0.15, -0.1) is 0 Å². The molecule has 2 rings (SSSR count). The number of hydrogen-bond acceptors (Lipinski definition) is 6. The van der Waals surface area contributed by atoms with Gasteiger partial charge in [0.05, 0.1) is 16.4 Å². The standard InChI is InChI=1S/C9H11NO5S.C4H8O/c1-2-7-15-16(13,14)9-5-3-8(4-6-9)10(11)12;1-2-4-5-3-1/h3-6H,2,7H2,1H3;1-4H2. The van der Waals surface area contributed by atoms with Crippen LogP contribution in [-0.2, 0) is 19.0 Å². The fraction of sp³-hybridized carbons (Fsp3) is 0.538. The topological polar surface area (TPSA) is 95.7 Å². The summed E-state index contributed by atoms with van der Waals surface area (Å²) in [6.07, 6.45) is 3.13. The van der Waals surface area contributed by atoms with Crippen LogP contribution in [-0.4, -0.2) is 33.2 Å². The molecule has 1 heterocycles. The van der Waals surface area contributed by atoms with E-state index < -0.39 is 15.0 Å². The third-order valence-corrected chi connectivity index (χ3v) is 3.93. The summed E-state index contributed by atoms with van der Waals surface area (Å²) in [4.78, 5) is 9.69. The van der Waals surface area contributed by atoms with Crippen LogP contribution in [0.3, 0.4) is 0 Å². The van der Waals surface area contributed by atoms with Gasteiger partial charge in [0, 0.05) is 25.3 Å². The van der Waals surface area contributed by atoms with E-state index in [-0.39, 0.29) is 17.2 Å². The Balaban J connectivity index is 0.000000369. The zero-order valence-electron chi connectivity index (χ0n) is 11.9. The van der Waals surface area contributed by atoms with Crippen LogP contribution in [0, 0.1) is 10.1 Å².